The minimum atomic E-state index is -0.460. The zero-order valence-electron chi connectivity index (χ0n) is 33.1. The second kappa shape index (κ2) is 16.2. The highest BCUT2D eigenvalue weighted by Crippen LogP contribution is 2.63. The lowest BCUT2D eigenvalue weighted by Gasteiger charge is -2.57. The molecule has 3 saturated heterocycles. The Morgan fingerprint density at radius 1 is 0.446 bits per heavy atom. The van der Waals surface area contributed by atoms with Crippen LogP contribution in [0.3, 0.4) is 0 Å². The molecule has 0 spiro atoms. The molecule has 0 aromatic carbocycles. The summed E-state index contributed by atoms with van der Waals surface area (Å²) in [5, 5.41) is 71.8. The van der Waals surface area contributed by atoms with Crippen molar-refractivity contribution in [3.8, 4) is 36.4 Å². The Morgan fingerprint density at radius 2 is 0.929 bits per heavy atom. The molecule has 0 aromatic rings. The van der Waals surface area contributed by atoms with Crippen LogP contribution in [0.15, 0.2) is 0 Å². The van der Waals surface area contributed by atoms with E-state index in [1.807, 2.05) is 0 Å². The van der Waals surface area contributed by atoms with Crippen molar-refractivity contribution >= 4 is 0 Å². The predicted molar refractivity (Wildman–Crippen MR) is 206 cm³/mol. The molecule has 0 radical (unpaired) electrons. The maximum Gasteiger partial charge on any atom is 0.115 e. The van der Waals surface area contributed by atoms with Gasteiger partial charge in [-0.05, 0) is 130 Å². The fourth-order valence-electron chi connectivity index (χ4n) is 15.8. The van der Waals surface area contributed by atoms with Crippen molar-refractivity contribution in [2.75, 3.05) is 13.1 Å². The number of hydrogen-bond donors (Lipinski definition) is 2. The lowest BCUT2D eigenvalue weighted by atomic mass is 9.46. The van der Waals surface area contributed by atoms with Crippen LogP contribution in [-0.2, 0) is 4.74 Å². The van der Waals surface area contributed by atoms with Gasteiger partial charge in [0.15, 0.2) is 0 Å². The molecular formula is C46H61N9O. The third-order valence-corrected chi connectivity index (χ3v) is 17.8. The second-order valence-electron chi connectivity index (χ2n) is 20.0. The number of rotatable bonds is 4. The van der Waals surface area contributed by atoms with Crippen LogP contribution < -0.4 is 10.6 Å². The SMILES string of the molecule is N#CC1CC(C#N)C(C2CC3C4CCCCC4OC3C(C3CNC(N4C5CCCCC5C5CCCCC54)NC3)C2C2C(C#N)CC(C#N)CC2C#N)C(C#N)C1. The van der Waals surface area contributed by atoms with Crippen LogP contribution in [-0.4, -0.2) is 48.6 Å². The van der Waals surface area contributed by atoms with Crippen LogP contribution in [0.4, 0.5) is 0 Å². The number of ether oxygens (including phenoxy) is 1. The largest absolute Gasteiger partial charge is 0.374 e. The Bertz CT molecular complexity index is 1630. The summed E-state index contributed by atoms with van der Waals surface area (Å²) in [7, 11) is 0. The van der Waals surface area contributed by atoms with Gasteiger partial charge in [-0.2, -0.15) is 31.6 Å². The Morgan fingerprint density at radius 3 is 1.45 bits per heavy atom. The summed E-state index contributed by atoms with van der Waals surface area (Å²) in [6.45, 7) is 1.65. The summed E-state index contributed by atoms with van der Waals surface area (Å²) >= 11 is 0. The van der Waals surface area contributed by atoms with E-state index in [2.05, 4.69) is 51.9 Å². The molecule has 15 atom stereocenters. The number of nitrogens with zero attached hydrogens (tertiary/aromatic N) is 7. The quantitative estimate of drug-likeness (QED) is 0.304. The molecule has 10 heteroatoms. The van der Waals surface area contributed by atoms with E-state index < -0.39 is 23.7 Å². The highest BCUT2D eigenvalue weighted by Gasteiger charge is 2.63. The van der Waals surface area contributed by atoms with Gasteiger partial charge in [0, 0.05) is 37.0 Å². The van der Waals surface area contributed by atoms with Crippen LogP contribution in [0, 0.1) is 163 Å². The lowest BCUT2D eigenvalue weighted by molar-refractivity contribution is -0.134. The summed E-state index contributed by atoms with van der Waals surface area (Å²) in [6, 6.07) is 16.6. The average Bonchev–Trinajstić information content (AvgIpc) is 3.80. The fraction of sp³-hybridized carbons (Fsp3) is 0.870. The molecule has 3 heterocycles. The Kier molecular flexibility index (Phi) is 11.1. The molecule has 56 heavy (non-hydrogen) atoms. The van der Waals surface area contributed by atoms with E-state index in [-0.39, 0.29) is 65.8 Å². The van der Waals surface area contributed by atoms with Gasteiger partial charge in [-0.3, -0.25) is 15.5 Å². The molecule has 3 aliphatic heterocycles. The number of likely N-dealkylation sites (tertiary alicyclic amines) is 1. The number of hydrogen-bond acceptors (Lipinski definition) is 10. The van der Waals surface area contributed by atoms with Crippen molar-refractivity contribution in [2.45, 2.75) is 140 Å². The van der Waals surface area contributed by atoms with Gasteiger partial charge in [-0.25, -0.2) is 0 Å². The lowest BCUT2D eigenvalue weighted by Crippen LogP contribution is -2.67. The van der Waals surface area contributed by atoms with Crippen LogP contribution in [0.25, 0.3) is 0 Å². The summed E-state index contributed by atoms with van der Waals surface area (Å²) in [5.74, 6) is -0.521. The minimum Gasteiger partial charge on any atom is -0.374 e. The summed E-state index contributed by atoms with van der Waals surface area (Å²) < 4.78 is 7.32. The molecule has 6 saturated carbocycles. The molecule has 15 unspecified atom stereocenters. The van der Waals surface area contributed by atoms with Gasteiger partial charge in [0.1, 0.15) is 6.29 Å². The van der Waals surface area contributed by atoms with E-state index >= 15 is 0 Å². The maximum atomic E-state index is 10.9. The number of nitriles is 6. The van der Waals surface area contributed by atoms with Crippen LogP contribution in [0.2, 0.25) is 0 Å². The van der Waals surface area contributed by atoms with Gasteiger partial charge < -0.3 is 4.74 Å². The van der Waals surface area contributed by atoms with Gasteiger partial charge >= 0.3 is 0 Å². The predicted octanol–water partition coefficient (Wildman–Crippen LogP) is 7.00. The molecule has 9 fully saturated rings. The zero-order chi connectivity index (χ0) is 38.5. The topological polar surface area (TPSA) is 179 Å². The standard InChI is InChI=1S/C46H61N9O/c47-18-26-13-28(20-49)41(29(14-26)21-50)37-17-36-35-9-3-6-12-40(35)56-45(36)43(44(37)42-30(22-51)15-27(19-48)16-31(42)23-52)32-24-53-46(54-25-32)55-38-10-4-1-7-33(38)34-8-2-5-11-39(34)55/h26-46,53-54H,1-17,24-25H2. The first-order chi connectivity index (χ1) is 27.5. The molecule has 0 aromatic heterocycles. The number of fused-ring (bicyclic) bond motifs is 6. The van der Waals surface area contributed by atoms with E-state index in [4.69, 9.17) is 4.74 Å². The van der Waals surface area contributed by atoms with Crippen molar-refractivity contribution in [1.29, 1.82) is 31.6 Å². The van der Waals surface area contributed by atoms with Crippen molar-refractivity contribution in [2.24, 2.45) is 94.7 Å². The fourth-order valence-corrected chi connectivity index (χ4v) is 15.8. The molecule has 6 aliphatic carbocycles. The maximum absolute atomic E-state index is 10.9. The van der Waals surface area contributed by atoms with Crippen molar-refractivity contribution in [3.63, 3.8) is 0 Å². The number of nitrogens with one attached hydrogen (secondary N) is 2. The van der Waals surface area contributed by atoms with Crippen molar-refractivity contribution in [1.82, 2.24) is 15.5 Å². The van der Waals surface area contributed by atoms with Crippen LogP contribution in [0.5, 0.6) is 0 Å². The van der Waals surface area contributed by atoms with E-state index in [9.17, 15) is 31.6 Å². The molecule has 0 amide bonds. The zero-order valence-corrected chi connectivity index (χ0v) is 33.1. The van der Waals surface area contributed by atoms with Gasteiger partial charge in [0.05, 0.1) is 72.3 Å². The Balaban J connectivity index is 1.10. The van der Waals surface area contributed by atoms with E-state index in [1.165, 1.54) is 64.2 Å². The molecule has 9 aliphatic rings. The van der Waals surface area contributed by atoms with Crippen LogP contribution in [0.1, 0.15) is 109 Å². The Hall–Kier alpha value is -3.22. The third-order valence-electron chi connectivity index (χ3n) is 17.8. The summed E-state index contributed by atoms with van der Waals surface area (Å²) in [4.78, 5) is 2.87. The monoisotopic (exact) mass is 755 g/mol. The van der Waals surface area contributed by atoms with E-state index in [0.717, 1.165) is 44.2 Å². The Labute approximate surface area is 334 Å². The van der Waals surface area contributed by atoms with E-state index in [0.29, 0.717) is 49.6 Å². The first kappa shape index (κ1) is 38.3. The molecule has 0 bridgehead atoms. The summed E-state index contributed by atoms with van der Waals surface area (Å²) in [6.07, 6.45) is 18.3. The molecule has 10 nitrogen and oxygen atoms in total. The first-order valence-electron chi connectivity index (χ1n) is 22.8. The van der Waals surface area contributed by atoms with Gasteiger partial charge in [0.25, 0.3) is 0 Å². The van der Waals surface area contributed by atoms with Gasteiger partial charge in [-0.1, -0.05) is 38.5 Å². The third kappa shape index (κ3) is 6.44. The van der Waals surface area contributed by atoms with Gasteiger partial charge in [-0.15, -0.1) is 0 Å². The molecule has 9 rings (SSSR count). The normalized spacial score (nSPS) is 51.4. The second-order valence-corrected chi connectivity index (χ2v) is 20.0. The van der Waals surface area contributed by atoms with Gasteiger partial charge in [0.2, 0.25) is 0 Å². The molecule has 296 valence electrons. The van der Waals surface area contributed by atoms with Crippen LogP contribution >= 0.6 is 0 Å². The van der Waals surface area contributed by atoms with Crippen molar-refractivity contribution in [3.05, 3.63) is 0 Å². The highest BCUT2D eigenvalue weighted by atomic mass is 16.5. The smallest absolute Gasteiger partial charge is 0.115 e. The highest BCUT2D eigenvalue weighted by molar-refractivity contribution is 5.18. The molecule has 2 N–H and O–H groups in total. The minimum absolute atomic E-state index is 0.00405. The average molecular weight is 756 g/mol. The van der Waals surface area contributed by atoms with Crippen molar-refractivity contribution < 1.29 is 4.74 Å². The summed E-state index contributed by atoms with van der Waals surface area (Å²) in [5.41, 5.74) is 0. The van der Waals surface area contributed by atoms with E-state index in [1.54, 1.807) is 0 Å². The molecular weight excluding hydrogens is 695 g/mol. The first-order valence-corrected chi connectivity index (χ1v) is 22.8.